The highest BCUT2D eigenvalue weighted by Gasteiger charge is 2.19. The number of pyridine rings is 1. The average Bonchev–Trinajstić information content (AvgIpc) is 2.37. The van der Waals surface area contributed by atoms with E-state index >= 15 is 0 Å². The molecule has 1 aromatic heterocycles. The van der Waals surface area contributed by atoms with Crippen molar-refractivity contribution in [2.45, 2.75) is 32.7 Å². The molecule has 0 saturated heterocycles. The summed E-state index contributed by atoms with van der Waals surface area (Å²) in [6.45, 7) is 4.01. The van der Waals surface area contributed by atoms with Gasteiger partial charge in [-0.2, -0.15) is 0 Å². The van der Waals surface area contributed by atoms with E-state index in [-0.39, 0.29) is 23.3 Å². The summed E-state index contributed by atoms with van der Waals surface area (Å²) in [4.78, 5) is 28.3. The first-order valence-electron chi connectivity index (χ1n) is 5.94. The Balaban J connectivity index is 2.89. The van der Waals surface area contributed by atoms with E-state index in [0.29, 0.717) is 0 Å². The Morgan fingerprint density at radius 2 is 2.00 bits per heavy atom. The molecule has 98 valence electrons. The second-order valence-electron chi connectivity index (χ2n) is 4.27. The van der Waals surface area contributed by atoms with Crippen LogP contribution in [0.3, 0.4) is 0 Å². The van der Waals surface area contributed by atoms with Crippen LogP contribution in [0.4, 0.5) is 0 Å². The number of aromatic carboxylic acids is 1. The van der Waals surface area contributed by atoms with Crippen LogP contribution in [0.15, 0.2) is 18.2 Å². The summed E-state index contributed by atoms with van der Waals surface area (Å²) in [5.41, 5.74) is 0.0535. The van der Waals surface area contributed by atoms with E-state index in [0.717, 1.165) is 12.8 Å². The molecule has 1 atom stereocenters. The van der Waals surface area contributed by atoms with Crippen LogP contribution >= 0.6 is 0 Å². The standard InChI is InChI=1S/C13H18N2O3/c1-4-6-9(2)15(3)12(16)10-7-5-8-11(14-10)13(17)18/h5,7-9H,4,6H2,1-3H3,(H,17,18). The Bertz CT molecular complexity index is 446. The lowest BCUT2D eigenvalue weighted by atomic mass is 10.1. The van der Waals surface area contributed by atoms with Crippen molar-refractivity contribution in [3.8, 4) is 0 Å². The predicted molar refractivity (Wildman–Crippen MR) is 67.7 cm³/mol. The molecule has 0 saturated carbocycles. The Morgan fingerprint density at radius 3 is 2.56 bits per heavy atom. The Kier molecular flexibility index (Phi) is 4.83. The molecule has 5 heteroatoms. The summed E-state index contributed by atoms with van der Waals surface area (Å²) < 4.78 is 0. The van der Waals surface area contributed by atoms with Crippen LogP contribution in [0.2, 0.25) is 0 Å². The minimum absolute atomic E-state index is 0.109. The minimum atomic E-state index is -1.13. The third-order valence-electron chi connectivity index (χ3n) is 2.88. The van der Waals surface area contributed by atoms with Gasteiger partial charge in [-0.15, -0.1) is 0 Å². The van der Waals surface area contributed by atoms with E-state index < -0.39 is 5.97 Å². The van der Waals surface area contributed by atoms with E-state index in [2.05, 4.69) is 11.9 Å². The van der Waals surface area contributed by atoms with Gasteiger partial charge in [-0.05, 0) is 25.5 Å². The summed E-state index contributed by atoms with van der Waals surface area (Å²) >= 11 is 0. The normalized spacial score (nSPS) is 11.9. The maximum Gasteiger partial charge on any atom is 0.354 e. The second kappa shape index (κ2) is 6.14. The van der Waals surface area contributed by atoms with Crippen molar-refractivity contribution in [2.75, 3.05) is 7.05 Å². The molecule has 0 aliphatic heterocycles. The highest BCUT2D eigenvalue weighted by molar-refractivity contribution is 5.94. The zero-order valence-electron chi connectivity index (χ0n) is 10.9. The van der Waals surface area contributed by atoms with Crippen LogP contribution in [0.1, 0.15) is 47.7 Å². The summed E-state index contributed by atoms with van der Waals surface area (Å²) in [6, 6.07) is 4.54. The summed E-state index contributed by atoms with van der Waals surface area (Å²) in [5, 5.41) is 8.84. The number of carboxylic acids is 1. The van der Waals surface area contributed by atoms with Gasteiger partial charge >= 0.3 is 5.97 Å². The van der Waals surface area contributed by atoms with E-state index in [9.17, 15) is 9.59 Å². The van der Waals surface area contributed by atoms with Crippen LogP contribution in [0.5, 0.6) is 0 Å². The number of amides is 1. The van der Waals surface area contributed by atoms with Crippen molar-refractivity contribution in [1.82, 2.24) is 9.88 Å². The highest BCUT2D eigenvalue weighted by Crippen LogP contribution is 2.09. The molecule has 0 aromatic carbocycles. The highest BCUT2D eigenvalue weighted by atomic mass is 16.4. The zero-order valence-corrected chi connectivity index (χ0v) is 10.9. The molecule has 18 heavy (non-hydrogen) atoms. The van der Waals surface area contributed by atoms with Gasteiger partial charge in [0.1, 0.15) is 11.4 Å². The first-order valence-corrected chi connectivity index (χ1v) is 5.94. The fourth-order valence-electron chi connectivity index (χ4n) is 1.67. The maximum atomic E-state index is 12.1. The average molecular weight is 250 g/mol. The van der Waals surface area contributed by atoms with Gasteiger partial charge in [0.05, 0.1) is 0 Å². The molecular weight excluding hydrogens is 232 g/mol. The third-order valence-corrected chi connectivity index (χ3v) is 2.88. The molecule has 0 bridgehead atoms. The molecule has 0 spiro atoms. The fourth-order valence-corrected chi connectivity index (χ4v) is 1.67. The van der Waals surface area contributed by atoms with E-state index in [1.807, 2.05) is 6.92 Å². The van der Waals surface area contributed by atoms with E-state index in [4.69, 9.17) is 5.11 Å². The topological polar surface area (TPSA) is 70.5 Å². The van der Waals surface area contributed by atoms with Crippen molar-refractivity contribution < 1.29 is 14.7 Å². The number of rotatable bonds is 5. The number of nitrogens with zero attached hydrogens (tertiary/aromatic N) is 2. The smallest absolute Gasteiger partial charge is 0.354 e. The van der Waals surface area contributed by atoms with Crippen molar-refractivity contribution in [3.63, 3.8) is 0 Å². The third kappa shape index (κ3) is 3.29. The van der Waals surface area contributed by atoms with Gasteiger partial charge in [0.15, 0.2) is 0 Å². The van der Waals surface area contributed by atoms with Crippen LogP contribution in [-0.2, 0) is 0 Å². The van der Waals surface area contributed by atoms with Crippen LogP contribution in [0, 0.1) is 0 Å². The largest absolute Gasteiger partial charge is 0.477 e. The van der Waals surface area contributed by atoms with Gasteiger partial charge in [-0.3, -0.25) is 4.79 Å². The van der Waals surface area contributed by atoms with Crippen molar-refractivity contribution in [2.24, 2.45) is 0 Å². The Labute approximate surface area is 106 Å². The Morgan fingerprint density at radius 1 is 1.39 bits per heavy atom. The number of carbonyl (C=O) groups is 2. The molecule has 1 N–H and O–H groups in total. The molecule has 1 heterocycles. The monoisotopic (exact) mass is 250 g/mol. The lowest BCUT2D eigenvalue weighted by Gasteiger charge is -2.24. The SMILES string of the molecule is CCCC(C)N(C)C(=O)c1cccc(C(=O)O)n1. The van der Waals surface area contributed by atoms with Gasteiger partial charge in [-0.1, -0.05) is 19.4 Å². The van der Waals surface area contributed by atoms with Crippen LogP contribution in [0.25, 0.3) is 0 Å². The minimum Gasteiger partial charge on any atom is -0.477 e. The van der Waals surface area contributed by atoms with E-state index in [1.165, 1.54) is 18.2 Å². The quantitative estimate of drug-likeness (QED) is 0.868. The van der Waals surface area contributed by atoms with Gasteiger partial charge in [0.2, 0.25) is 0 Å². The number of aromatic nitrogens is 1. The molecule has 1 amide bonds. The summed E-state index contributed by atoms with van der Waals surface area (Å²) in [7, 11) is 1.71. The Hall–Kier alpha value is -1.91. The number of carboxylic acid groups (broad SMARTS) is 1. The first-order chi connectivity index (χ1) is 8.47. The molecule has 0 radical (unpaired) electrons. The van der Waals surface area contributed by atoms with Crippen molar-refractivity contribution >= 4 is 11.9 Å². The van der Waals surface area contributed by atoms with Crippen molar-refractivity contribution in [3.05, 3.63) is 29.6 Å². The molecule has 5 nitrogen and oxygen atoms in total. The summed E-state index contributed by atoms with van der Waals surface area (Å²) in [5.74, 6) is -1.38. The van der Waals surface area contributed by atoms with Crippen LogP contribution < -0.4 is 0 Å². The molecule has 1 aromatic rings. The number of hydrogen-bond donors (Lipinski definition) is 1. The van der Waals surface area contributed by atoms with Gasteiger partial charge in [0, 0.05) is 13.1 Å². The summed E-state index contributed by atoms with van der Waals surface area (Å²) in [6.07, 6.45) is 1.89. The predicted octanol–water partition coefficient (Wildman–Crippen LogP) is 2.04. The molecular formula is C13H18N2O3. The molecule has 1 rings (SSSR count). The number of hydrogen-bond acceptors (Lipinski definition) is 3. The lowest BCUT2D eigenvalue weighted by molar-refractivity contribution is 0.0689. The molecule has 0 aliphatic carbocycles. The van der Waals surface area contributed by atoms with Crippen molar-refractivity contribution in [1.29, 1.82) is 0 Å². The second-order valence-corrected chi connectivity index (χ2v) is 4.27. The lowest BCUT2D eigenvalue weighted by Crippen LogP contribution is -2.35. The van der Waals surface area contributed by atoms with Gasteiger partial charge < -0.3 is 10.0 Å². The fraction of sp³-hybridized carbons (Fsp3) is 0.462. The molecule has 1 unspecified atom stereocenters. The number of carbonyl (C=O) groups excluding carboxylic acids is 1. The molecule has 0 aliphatic rings. The maximum absolute atomic E-state index is 12.1. The van der Waals surface area contributed by atoms with Crippen LogP contribution in [-0.4, -0.2) is 40.0 Å². The first kappa shape index (κ1) is 14.2. The van der Waals surface area contributed by atoms with Gasteiger partial charge in [0.25, 0.3) is 5.91 Å². The zero-order chi connectivity index (χ0) is 13.7. The molecule has 0 fully saturated rings. The van der Waals surface area contributed by atoms with Gasteiger partial charge in [-0.25, -0.2) is 9.78 Å². The van der Waals surface area contributed by atoms with E-state index in [1.54, 1.807) is 11.9 Å².